The van der Waals surface area contributed by atoms with E-state index in [-0.39, 0.29) is 5.57 Å². The highest BCUT2D eigenvalue weighted by Crippen LogP contribution is 2.12. The summed E-state index contributed by atoms with van der Waals surface area (Å²) in [6, 6.07) is 1.71. The van der Waals surface area contributed by atoms with Crippen molar-refractivity contribution in [1.82, 2.24) is 0 Å². The van der Waals surface area contributed by atoms with Crippen LogP contribution in [0, 0.1) is 11.3 Å². The van der Waals surface area contributed by atoms with Crippen LogP contribution in [0.5, 0.6) is 0 Å². The molecule has 0 aliphatic rings. The van der Waals surface area contributed by atoms with Crippen LogP contribution < -0.4 is 0 Å². The summed E-state index contributed by atoms with van der Waals surface area (Å²) in [5, 5.41) is 8.45. The molecule has 2 nitrogen and oxygen atoms in total. The van der Waals surface area contributed by atoms with Gasteiger partial charge in [-0.25, -0.2) is 4.39 Å². The number of methoxy groups -OCH3 is 1. The number of halogens is 1. The van der Waals surface area contributed by atoms with Crippen LogP contribution >= 0.6 is 0 Å². The largest absolute Gasteiger partial charge is 0.376 e. The van der Waals surface area contributed by atoms with E-state index in [0.29, 0.717) is 0 Å². The fourth-order valence-electron chi connectivity index (χ4n) is 0.566. The number of hydrogen-bond donors (Lipinski definition) is 0. The third-order valence-electron chi connectivity index (χ3n) is 1.32. The minimum Gasteiger partial charge on any atom is -0.376 e. The van der Waals surface area contributed by atoms with Gasteiger partial charge in [-0.05, 0) is 13.0 Å². The van der Waals surface area contributed by atoms with E-state index < -0.39 is 11.9 Å². The Morgan fingerprint density at radius 3 is 2.64 bits per heavy atom. The molecule has 0 bridgehead atoms. The topological polar surface area (TPSA) is 33.0 Å². The van der Waals surface area contributed by atoms with Gasteiger partial charge in [0.1, 0.15) is 11.9 Å². The van der Waals surface area contributed by atoms with Gasteiger partial charge in [-0.1, -0.05) is 6.58 Å². The van der Waals surface area contributed by atoms with Crippen LogP contribution in [0.2, 0.25) is 0 Å². The van der Waals surface area contributed by atoms with Crippen molar-refractivity contribution < 1.29 is 9.13 Å². The van der Waals surface area contributed by atoms with Gasteiger partial charge < -0.3 is 4.74 Å². The van der Waals surface area contributed by atoms with E-state index in [1.54, 1.807) is 13.0 Å². The van der Waals surface area contributed by atoms with Crippen molar-refractivity contribution in [3.8, 4) is 6.07 Å². The number of nitrogens with zero attached hydrogens (tertiary/aromatic N) is 1. The summed E-state index contributed by atoms with van der Waals surface area (Å²) in [6.07, 6.45) is 0.478. The van der Waals surface area contributed by atoms with Crippen molar-refractivity contribution >= 4 is 0 Å². The molecule has 0 N–H and O–H groups in total. The van der Waals surface area contributed by atoms with Gasteiger partial charge in [-0.2, -0.15) is 5.26 Å². The van der Waals surface area contributed by atoms with Crippen molar-refractivity contribution in [3.63, 3.8) is 0 Å². The second-order valence-electron chi connectivity index (χ2n) is 1.96. The molecule has 0 amide bonds. The average molecular weight is 155 g/mol. The van der Waals surface area contributed by atoms with Gasteiger partial charge in [-0.15, -0.1) is 0 Å². The summed E-state index contributed by atoms with van der Waals surface area (Å²) in [4.78, 5) is 0. The first kappa shape index (κ1) is 9.86. The van der Waals surface area contributed by atoms with E-state index in [9.17, 15) is 4.39 Å². The molecule has 0 saturated carbocycles. The normalized spacial score (nSPS) is 14.7. The molecule has 0 saturated heterocycles. The monoisotopic (exact) mass is 155 g/mol. The SMILES string of the molecule is C=CC(F)=C(C#N)[C@@H](C)OC. The summed E-state index contributed by atoms with van der Waals surface area (Å²) in [5.41, 5.74) is -0.0255. The molecule has 3 heteroatoms. The zero-order chi connectivity index (χ0) is 8.85. The van der Waals surface area contributed by atoms with Crippen LogP contribution in [0.3, 0.4) is 0 Å². The molecule has 0 aromatic rings. The standard InChI is InChI=1S/C8H10FNO/c1-4-8(9)7(5-10)6(2)11-3/h4,6H,1H2,2-3H3/t6-/m1/s1. The molecule has 0 aromatic heterocycles. The van der Waals surface area contributed by atoms with Gasteiger partial charge in [0.25, 0.3) is 0 Å². The third kappa shape index (κ3) is 2.52. The van der Waals surface area contributed by atoms with E-state index in [4.69, 9.17) is 10.00 Å². The highest BCUT2D eigenvalue weighted by atomic mass is 19.1. The Hall–Kier alpha value is -1.14. The highest BCUT2D eigenvalue weighted by Gasteiger charge is 2.10. The number of nitriles is 1. The number of hydrogen-bond acceptors (Lipinski definition) is 2. The van der Waals surface area contributed by atoms with Crippen LogP contribution in [0.15, 0.2) is 24.1 Å². The molecular weight excluding hydrogens is 145 g/mol. The van der Waals surface area contributed by atoms with Gasteiger partial charge in [0.05, 0.1) is 11.7 Å². The van der Waals surface area contributed by atoms with Crippen LogP contribution in [0.25, 0.3) is 0 Å². The zero-order valence-corrected chi connectivity index (χ0v) is 6.60. The first-order chi connectivity index (χ1) is 5.17. The Bertz CT molecular complexity index is 215. The maximum absolute atomic E-state index is 12.7. The molecular formula is C8H10FNO. The minimum absolute atomic E-state index is 0.0255. The Balaban J connectivity index is 4.68. The molecule has 0 fully saturated rings. The predicted molar refractivity (Wildman–Crippen MR) is 40.4 cm³/mol. The quantitative estimate of drug-likeness (QED) is 0.461. The van der Waals surface area contributed by atoms with Crippen molar-refractivity contribution in [1.29, 1.82) is 5.26 Å². The van der Waals surface area contributed by atoms with E-state index in [0.717, 1.165) is 6.08 Å². The van der Waals surface area contributed by atoms with Crippen LogP contribution in [-0.4, -0.2) is 13.2 Å². The molecule has 1 atom stereocenters. The molecule has 0 rings (SSSR count). The highest BCUT2D eigenvalue weighted by molar-refractivity contribution is 5.32. The van der Waals surface area contributed by atoms with E-state index >= 15 is 0 Å². The molecule has 0 unspecified atom stereocenters. The fraction of sp³-hybridized carbons (Fsp3) is 0.375. The summed E-state index contributed by atoms with van der Waals surface area (Å²) in [6.45, 7) is 4.81. The van der Waals surface area contributed by atoms with Crippen molar-refractivity contribution in [3.05, 3.63) is 24.1 Å². The van der Waals surface area contributed by atoms with Crippen LogP contribution in [0.4, 0.5) is 4.39 Å². The maximum atomic E-state index is 12.7. The number of rotatable bonds is 3. The van der Waals surface area contributed by atoms with E-state index in [1.807, 2.05) is 0 Å². The lowest BCUT2D eigenvalue weighted by Gasteiger charge is -2.06. The van der Waals surface area contributed by atoms with Gasteiger partial charge in [-0.3, -0.25) is 0 Å². The predicted octanol–water partition coefficient (Wildman–Crippen LogP) is 1.95. The molecule has 0 aliphatic carbocycles. The first-order valence-corrected chi connectivity index (χ1v) is 3.12. The van der Waals surface area contributed by atoms with E-state index in [2.05, 4.69) is 6.58 Å². The van der Waals surface area contributed by atoms with Gasteiger partial charge >= 0.3 is 0 Å². The number of ether oxygens (including phenoxy) is 1. The maximum Gasteiger partial charge on any atom is 0.138 e. The second kappa shape index (κ2) is 4.64. The van der Waals surface area contributed by atoms with Gasteiger partial charge in [0.2, 0.25) is 0 Å². The molecule has 11 heavy (non-hydrogen) atoms. The van der Waals surface area contributed by atoms with Gasteiger partial charge in [0, 0.05) is 7.11 Å². The number of allylic oxidation sites excluding steroid dienone is 2. The second-order valence-corrected chi connectivity index (χ2v) is 1.96. The lowest BCUT2D eigenvalue weighted by atomic mass is 10.1. The summed E-state index contributed by atoms with van der Waals surface area (Å²) >= 11 is 0. The smallest absolute Gasteiger partial charge is 0.138 e. The molecule has 0 spiro atoms. The van der Waals surface area contributed by atoms with Crippen molar-refractivity contribution in [2.24, 2.45) is 0 Å². The van der Waals surface area contributed by atoms with Crippen LogP contribution in [0.1, 0.15) is 6.92 Å². The lowest BCUT2D eigenvalue weighted by Crippen LogP contribution is -2.08. The lowest BCUT2D eigenvalue weighted by molar-refractivity contribution is 0.148. The fourth-order valence-corrected chi connectivity index (χ4v) is 0.566. The summed E-state index contributed by atoms with van der Waals surface area (Å²) in [7, 11) is 1.42. The van der Waals surface area contributed by atoms with Crippen molar-refractivity contribution in [2.75, 3.05) is 7.11 Å². The van der Waals surface area contributed by atoms with Crippen LogP contribution in [-0.2, 0) is 4.74 Å². The molecule has 0 aromatic carbocycles. The summed E-state index contributed by atoms with van der Waals surface area (Å²) in [5.74, 6) is -0.623. The zero-order valence-electron chi connectivity index (χ0n) is 6.60. The molecule has 0 heterocycles. The Morgan fingerprint density at radius 1 is 1.82 bits per heavy atom. The Kier molecular flexibility index (Phi) is 4.16. The molecule has 0 aliphatic heterocycles. The van der Waals surface area contributed by atoms with E-state index in [1.165, 1.54) is 7.11 Å². The molecule has 0 radical (unpaired) electrons. The van der Waals surface area contributed by atoms with Crippen molar-refractivity contribution in [2.45, 2.75) is 13.0 Å². The first-order valence-electron chi connectivity index (χ1n) is 3.12. The third-order valence-corrected chi connectivity index (χ3v) is 1.32. The summed E-state index contributed by atoms with van der Waals surface area (Å²) < 4.78 is 17.5. The molecule has 60 valence electrons. The average Bonchev–Trinajstić information content (AvgIpc) is 2.05. The van der Waals surface area contributed by atoms with Gasteiger partial charge in [0.15, 0.2) is 0 Å². The Morgan fingerprint density at radius 2 is 2.36 bits per heavy atom. The minimum atomic E-state index is -0.623. The Labute approximate surface area is 65.6 Å².